The summed E-state index contributed by atoms with van der Waals surface area (Å²) < 4.78 is 5.65. The molecule has 3 N–H and O–H groups in total. The summed E-state index contributed by atoms with van der Waals surface area (Å²) >= 11 is 0. The van der Waals surface area contributed by atoms with Gasteiger partial charge in [0.2, 0.25) is 5.91 Å². The van der Waals surface area contributed by atoms with Gasteiger partial charge in [-0.25, -0.2) is 9.59 Å². The van der Waals surface area contributed by atoms with Crippen LogP contribution in [0.5, 0.6) is 0 Å². The highest BCUT2D eigenvalue weighted by molar-refractivity contribution is 5.84. The molecule has 1 fully saturated rings. The highest BCUT2D eigenvalue weighted by atomic mass is 16.5. The molecule has 0 aliphatic heterocycles. The molecule has 0 bridgehead atoms. The zero-order chi connectivity index (χ0) is 29.5. The minimum atomic E-state index is -1.04. The first-order valence-corrected chi connectivity index (χ1v) is 14.7. The van der Waals surface area contributed by atoms with Crippen molar-refractivity contribution in [1.82, 2.24) is 15.5 Å². The predicted octanol–water partition coefficient (Wildman–Crippen LogP) is 5.03. The van der Waals surface area contributed by atoms with Gasteiger partial charge >= 0.3 is 12.1 Å². The van der Waals surface area contributed by atoms with Crippen LogP contribution in [0.2, 0.25) is 0 Å². The third kappa shape index (κ3) is 7.36. The van der Waals surface area contributed by atoms with Crippen LogP contribution in [0.4, 0.5) is 4.79 Å². The van der Waals surface area contributed by atoms with Crippen molar-refractivity contribution < 1.29 is 24.2 Å². The molecule has 8 nitrogen and oxygen atoms in total. The minimum absolute atomic E-state index is 0.0188. The lowest BCUT2D eigenvalue weighted by atomic mass is 9.98. The maximum absolute atomic E-state index is 12.7. The van der Waals surface area contributed by atoms with Crippen LogP contribution < -0.4 is 10.6 Å². The Morgan fingerprint density at radius 2 is 1.52 bits per heavy atom. The van der Waals surface area contributed by atoms with Gasteiger partial charge in [-0.15, -0.1) is 0 Å². The maximum Gasteiger partial charge on any atom is 0.407 e. The second-order valence-electron chi connectivity index (χ2n) is 11.6. The van der Waals surface area contributed by atoms with E-state index in [1.807, 2.05) is 66.5 Å². The van der Waals surface area contributed by atoms with E-state index in [-0.39, 0.29) is 43.2 Å². The number of hydrogen-bond donors (Lipinski definition) is 3. The first-order valence-electron chi connectivity index (χ1n) is 14.7. The topological polar surface area (TPSA) is 108 Å². The van der Waals surface area contributed by atoms with Gasteiger partial charge in [-0.05, 0) is 66.0 Å². The van der Waals surface area contributed by atoms with Crippen molar-refractivity contribution >= 4 is 18.0 Å². The third-order valence-electron chi connectivity index (χ3n) is 8.43. The van der Waals surface area contributed by atoms with E-state index in [0.29, 0.717) is 13.1 Å². The van der Waals surface area contributed by atoms with Gasteiger partial charge in [0, 0.05) is 32.0 Å². The fraction of sp³-hybridized carbons (Fsp3) is 0.382. The van der Waals surface area contributed by atoms with Gasteiger partial charge in [0.25, 0.3) is 0 Å². The Labute approximate surface area is 247 Å². The Kier molecular flexibility index (Phi) is 9.54. The van der Waals surface area contributed by atoms with E-state index in [1.54, 1.807) is 0 Å². The van der Waals surface area contributed by atoms with Crippen molar-refractivity contribution in [2.24, 2.45) is 11.8 Å². The van der Waals surface area contributed by atoms with Crippen molar-refractivity contribution in [3.63, 3.8) is 0 Å². The fourth-order valence-corrected chi connectivity index (χ4v) is 6.40. The number of hydrogen-bond acceptors (Lipinski definition) is 5. The van der Waals surface area contributed by atoms with Crippen molar-refractivity contribution in [3.8, 4) is 11.1 Å². The number of carbonyl (C=O) groups is 3. The van der Waals surface area contributed by atoms with Crippen molar-refractivity contribution in [2.75, 3.05) is 26.7 Å². The number of ether oxygens (including phenoxy) is 1. The SMILES string of the molecule is CN(Cc1ccccc1)CC(NC(=O)CC1CCC(CNC(=O)OCC2c3ccccc3-c3ccccc32)C1)C(=O)O. The number of rotatable bonds is 12. The van der Waals surface area contributed by atoms with Crippen LogP contribution in [-0.4, -0.2) is 60.8 Å². The van der Waals surface area contributed by atoms with Gasteiger partial charge in [0.1, 0.15) is 12.6 Å². The van der Waals surface area contributed by atoms with E-state index in [9.17, 15) is 19.5 Å². The third-order valence-corrected chi connectivity index (χ3v) is 8.43. The van der Waals surface area contributed by atoms with Crippen molar-refractivity contribution in [1.29, 1.82) is 0 Å². The number of amides is 2. The molecule has 0 radical (unpaired) electrons. The average molecular weight is 570 g/mol. The first-order chi connectivity index (χ1) is 20.4. The molecule has 0 aromatic heterocycles. The van der Waals surface area contributed by atoms with E-state index >= 15 is 0 Å². The number of nitrogens with zero attached hydrogens (tertiary/aromatic N) is 1. The lowest BCUT2D eigenvalue weighted by molar-refractivity contribution is -0.142. The van der Waals surface area contributed by atoms with E-state index < -0.39 is 18.1 Å². The molecule has 3 aromatic carbocycles. The van der Waals surface area contributed by atoms with Gasteiger partial charge in [-0.3, -0.25) is 9.69 Å². The number of benzene rings is 3. The molecule has 2 aliphatic rings. The molecule has 5 rings (SSSR count). The summed E-state index contributed by atoms with van der Waals surface area (Å²) in [6.45, 7) is 1.59. The standard InChI is InChI=1S/C34H39N3O5/c1-37(20-23-9-3-2-4-10-23)21-31(33(39)40)36-32(38)18-24-15-16-25(17-24)19-35-34(41)42-22-30-28-13-7-5-11-26(28)27-12-6-8-14-29(27)30/h2-14,24-25,30-31H,15-22H2,1H3,(H,35,41)(H,36,38)(H,39,40). The zero-order valence-corrected chi connectivity index (χ0v) is 24.0. The largest absolute Gasteiger partial charge is 0.480 e. The molecule has 0 spiro atoms. The highest BCUT2D eigenvalue weighted by Gasteiger charge is 2.31. The number of carboxylic acid groups (broad SMARTS) is 1. The molecule has 3 unspecified atom stereocenters. The number of fused-ring (bicyclic) bond motifs is 3. The second kappa shape index (κ2) is 13.7. The summed E-state index contributed by atoms with van der Waals surface area (Å²) in [6, 6.07) is 25.3. The molecule has 42 heavy (non-hydrogen) atoms. The van der Waals surface area contributed by atoms with Crippen molar-refractivity contribution in [3.05, 3.63) is 95.6 Å². The molecule has 2 amide bonds. The maximum atomic E-state index is 12.7. The molecule has 1 saturated carbocycles. The molecule has 0 saturated heterocycles. The summed E-state index contributed by atoms with van der Waals surface area (Å²) in [7, 11) is 1.85. The lowest BCUT2D eigenvalue weighted by Crippen LogP contribution is -2.47. The van der Waals surface area contributed by atoms with Gasteiger partial charge in [-0.2, -0.15) is 0 Å². The molecule has 0 heterocycles. The van der Waals surface area contributed by atoms with E-state index in [2.05, 4.69) is 34.9 Å². The summed E-state index contributed by atoms with van der Waals surface area (Å²) in [5.74, 6) is -0.845. The average Bonchev–Trinajstić information content (AvgIpc) is 3.57. The second-order valence-corrected chi connectivity index (χ2v) is 11.6. The molecule has 3 atom stereocenters. The van der Waals surface area contributed by atoms with Crippen LogP contribution in [0.25, 0.3) is 11.1 Å². The highest BCUT2D eigenvalue weighted by Crippen LogP contribution is 2.44. The predicted molar refractivity (Wildman–Crippen MR) is 161 cm³/mol. The number of carbonyl (C=O) groups excluding carboxylic acids is 2. The monoisotopic (exact) mass is 569 g/mol. The molecular weight excluding hydrogens is 530 g/mol. The van der Waals surface area contributed by atoms with Crippen LogP contribution >= 0.6 is 0 Å². The van der Waals surface area contributed by atoms with E-state index in [0.717, 1.165) is 24.8 Å². The molecule has 2 aliphatic carbocycles. The Morgan fingerprint density at radius 3 is 2.19 bits per heavy atom. The van der Waals surface area contributed by atoms with Crippen LogP contribution in [-0.2, 0) is 20.9 Å². The smallest absolute Gasteiger partial charge is 0.407 e. The van der Waals surface area contributed by atoms with Gasteiger partial charge in [0.05, 0.1) is 0 Å². The van der Waals surface area contributed by atoms with Crippen LogP contribution in [0, 0.1) is 11.8 Å². The summed E-state index contributed by atoms with van der Waals surface area (Å²) in [5.41, 5.74) is 5.82. The Hall–Kier alpha value is -4.17. The summed E-state index contributed by atoms with van der Waals surface area (Å²) in [6.07, 6.45) is 2.44. The molecule has 3 aromatic rings. The molecule has 220 valence electrons. The van der Waals surface area contributed by atoms with Gasteiger partial charge in [-0.1, -0.05) is 78.9 Å². The molecular formula is C34H39N3O5. The Morgan fingerprint density at radius 1 is 0.905 bits per heavy atom. The quantitative estimate of drug-likeness (QED) is 0.282. The van der Waals surface area contributed by atoms with Gasteiger partial charge < -0.3 is 20.5 Å². The number of alkyl carbamates (subject to hydrolysis) is 1. The number of aliphatic carboxylic acids is 1. The minimum Gasteiger partial charge on any atom is -0.480 e. The Bertz CT molecular complexity index is 1350. The number of carboxylic acids is 1. The lowest BCUT2D eigenvalue weighted by Gasteiger charge is -2.23. The van der Waals surface area contributed by atoms with Gasteiger partial charge in [0.15, 0.2) is 0 Å². The number of nitrogens with one attached hydrogen (secondary N) is 2. The van der Waals surface area contributed by atoms with E-state index in [4.69, 9.17) is 4.74 Å². The zero-order valence-electron chi connectivity index (χ0n) is 24.0. The Balaban J connectivity index is 1.03. The summed E-state index contributed by atoms with van der Waals surface area (Å²) in [5, 5.41) is 15.3. The normalized spacial score (nSPS) is 18.2. The van der Waals surface area contributed by atoms with Crippen LogP contribution in [0.3, 0.4) is 0 Å². The fourth-order valence-electron chi connectivity index (χ4n) is 6.40. The van der Waals surface area contributed by atoms with Crippen molar-refractivity contribution in [2.45, 2.75) is 44.2 Å². The molecule has 8 heteroatoms. The van der Waals surface area contributed by atoms with Crippen LogP contribution in [0.15, 0.2) is 78.9 Å². The van der Waals surface area contributed by atoms with E-state index in [1.165, 1.54) is 22.3 Å². The summed E-state index contributed by atoms with van der Waals surface area (Å²) in [4.78, 5) is 39.0. The van der Waals surface area contributed by atoms with Crippen LogP contribution in [0.1, 0.15) is 48.3 Å². The number of likely N-dealkylation sites (N-methyl/N-ethyl adjacent to an activating group) is 1. The first kappa shape index (κ1) is 29.3.